The molecule has 0 amide bonds. The quantitative estimate of drug-likeness (QED) is 0.598. The summed E-state index contributed by atoms with van der Waals surface area (Å²) in [5, 5.41) is -0.0659. The van der Waals surface area contributed by atoms with Gasteiger partial charge in [-0.3, -0.25) is 0 Å². The maximum Gasteiger partial charge on any atom is 0.574 e. The van der Waals surface area contributed by atoms with Crippen LogP contribution in [0.15, 0.2) is 6.07 Å². The minimum atomic E-state index is -4.93. The third-order valence-corrected chi connectivity index (χ3v) is 2.67. The summed E-state index contributed by atoms with van der Waals surface area (Å²) >= 11 is 3.00. The highest BCUT2D eigenvalue weighted by Gasteiger charge is 2.34. The van der Waals surface area contributed by atoms with Crippen molar-refractivity contribution in [3.05, 3.63) is 17.2 Å². The predicted molar refractivity (Wildman–Crippen MR) is 66.1 cm³/mol. The monoisotopic (exact) mass is 357 g/mol. The Bertz CT molecular complexity index is 493. The van der Waals surface area contributed by atoms with E-state index in [-0.39, 0.29) is 28.9 Å². The van der Waals surface area contributed by atoms with Gasteiger partial charge in [0.15, 0.2) is 0 Å². The first-order valence-electron chi connectivity index (χ1n) is 5.39. The maximum absolute atomic E-state index is 12.3. The highest BCUT2D eigenvalue weighted by molar-refractivity contribution is 9.08. The van der Waals surface area contributed by atoms with Crippen LogP contribution in [0.3, 0.4) is 0 Å². The number of rotatable bonds is 5. The minimum absolute atomic E-state index is 0.0659. The first-order valence-corrected chi connectivity index (χ1v) is 6.51. The summed E-state index contributed by atoms with van der Waals surface area (Å²) in [7, 11) is 1.21. The third-order valence-electron chi connectivity index (χ3n) is 2.11. The van der Waals surface area contributed by atoms with Gasteiger partial charge in [-0.25, -0.2) is 4.79 Å². The van der Waals surface area contributed by atoms with Crippen molar-refractivity contribution in [3.63, 3.8) is 0 Å². The lowest BCUT2D eigenvalue weighted by Gasteiger charge is -2.15. The summed E-state index contributed by atoms with van der Waals surface area (Å²) in [6.45, 7) is 1.66. The molecule has 112 valence electrons. The average Bonchev–Trinajstić information content (AvgIpc) is 2.36. The molecule has 1 heterocycles. The summed E-state index contributed by atoms with van der Waals surface area (Å²) in [6.07, 6.45) is -4.93. The molecule has 0 atom stereocenters. The van der Waals surface area contributed by atoms with E-state index in [0.717, 1.165) is 0 Å². The molecule has 0 saturated carbocycles. The van der Waals surface area contributed by atoms with Crippen LogP contribution in [0.1, 0.15) is 22.8 Å². The number of nitrogens with zero attached hydrogens (tertiary/aromatic N) is 1. The molecule has 0 aliphatic rings. The summed E-state index contributed by atoms with van der Waals surface area (Å²) in [5.74, 6) is -1.72. The average molecular weight is 358 g/mol. The molecule has 0 fully saturated rings. The molecule has 0 bridgehead atoms. The number of aromatic nitrogens is 1. The van der Waals surface area contributed by atoms with Crippen molar-refractivity contribution in [1.82, 2.24) is 4.98 Å². The summed E-state index contributed by atoms with van der Waals surface area (Å²) < 4.78 is 50.4. The Labute approximate surface area is 121 Å². The normalized spacial score (nSPS) is 11.1. The van der Waals surface area contributed by atoms with Gasteiger partial charge in [-0.15, -0.1) is 13.2 Å². The van der Waals surface area contributed by atoms with E-state index in [0.29, 0.717) is 0 Å². The van der Waals surface area contributed by atoms with E-state index in [1.165, 1.54) is 13.2 Å². The molecule has 0 saturated heterocycles. The van der Waals surface area contributed by atoms with Crippen LogP contribution in [0.5, 0.6) is 11.8 Å². The van der Waals surface area contributed by atoms with E-state index >= 15 is 0 Å². The van der Waals surface area contributed by atoms with Crippen LogP contribution in [0.4, 0.5) is 13.2 Å². The van der Waals surface area contributed by atoms with Gasteiger partial charge in [-0.1, -0.05) is 15.9 Å². The van der Waals surface area contributed by atoms with Gasteiger partial charge in [0.2, 0.25) is 11.8 Å². The van der Waals surface area contributed by atoms with Gasteiger partial charge in [-0.05, 0) is 6.92 Å². The largest absolute Gasteiger partial charge is 0.574 e. The number of alkyl halides is 4. The molecule has 1 aromatic heterocycles. The third kappa shape index (κ3) is 4.26. The summed E-state index contributed by atoms with van der Waals surface area (Å²) in [4.78, 5) is 15.3. The van der Waals surface area contributed by atoms with Crippen LogP contribution in [0.2, 0.25) is 0 Å². The van der Waals surface area contributed by atoms with Crippen molar-refractivity contribution in [3.8, 4) is 11.8 Å². The number of esters is 1. The Balaban J connectivity index is 3.34. The summed E-state index contributed by atoms with van der Waals surface area (Å²) in [5.41, 5.74) is -0.170. The van der Waals surface area contributed by atoms with Crippen molar-refractivity contribution >= 4 is 21.9 Å². The first kappa shape index (κ1) is 16.5. The molecule has 0 unspecified atom stereocenters. The molecule has 0 aliphatic carbocycles. The standard InChI is InChI=1S/C11H11BrF3NO4/c1-3-19-10(17)6-4-8(18-2)16-9(7(6)5-12)20-11(13,14)15/h4H,3,5H2,1-2H3. The molecule has 1 aromatic rings. The molecule has 9 heteroatoms. The Hall–Kier alpha value is -1.51. The lowest BCUT2D eigenvalue weighted by Crippen LogP contribution is -2.20. The van der Waals surface area contributed by atoms with E-state index in [1.807, 2.05) is 0 Å². The molecule has 0 spiro atoms. The van der Waals surface area contributed by atoms with Crippen molar-refractivity contribution in [2.75, 3.05) is 13.7 Å². The van der Waals surface area contributed by atoms with E-state index < -0.39 is 18.2 Å². The van der Waals surface area contributed by atoms with Gasteiger partial charge in [0, 0.05) is 17.0 Å². The van der Waals surface area contributed by atoms with Crippen LogP contribution in [0, 0.1) is 0 Å². The zero-order chi connectivity index (χ0) is 15.3. The number of carbonyl (C=O) groups excluding carboxylic acids is 1. The number of pyridine rings is 1. The fourth-order valence-corrected chi connectivity index (χ4v) is 1.89. The topological polar surface area (TPSA) is 57.7 Å². The number of halogens is 4. The second-order valence-corrected chi connectivity index (χ2v) is 3.96. The number of hydrogen-bond acceptors (Lipinski definition) is 5. The number of carbonyl (C=O) groups is 1. The Kier molecular flexibility index (Phi) is 5.61. The molecule has 0 aromatic carbocycles. The zero-order valence-electron chi connectivity index (χ0n) is 10.6. The van der Waals surface area contributed by atoms with E-state index in [2.05, 4.69) is 25.7 Å². The van der Waals surface area contributed by atoms with Gasteiger partial charge in [-0.2, -0.15) is 4.98 Å². The maximum atomic E-state index is 12.3. The lowest BCUT2D eigenvalue weighted by atomic mass is 10.1. The van der Waals surface area contributed by atoms with Crippen LogP contribution in [-0.4, -0.2) is 31.0 Å². The van der Waals surface area contributed by atoms with Crippen LogP contribution in [-0.2, 0) is 10.1 Å². The second-order valence-electron chi connectivity index (χ2n) is 3.40. The predicted octanol–water partition coefficient (Wildman–Crippen LogP) is 3.06. The zero-order valence-corrected chi connectivity index (χ0v) is 12.2. The van der Waals surface area contributed by atoms with Crippen molar-refractivity contribution in [2.45, 2.75) is 18.6 Å². The van der Waals surface area contributed by atoms with E-state index in [4.69, 9.17) is 9.47 Å². The Morgan fingerprint density at radius 1 is 1.45 bits per heavy atom. The molecule has 1 rings (SSSR count). The van der Waals surface area contributed by atoms with E-state index in [1.54, 1.807) is 6.92 Å². The summed E-state index contributed by atoms with van der Waals surface area (Å²) in [6, 6.07) is 1.19. The Morgan fingerprint density at radius 3 is 2.55 bits per heavy atom. The van der Waals surface area contributed by atoms with Gasteiger partial charge in [0.25, 0.3) is 0 Å². The van der Waals surface area contributed by atoms with Crippen molar-refractivity contribution in [2.24, 2.45) is 0 Å². The minimum Gasteiger partial charge on any atom is -0.481 e. The lowest BCUT2D eigenvalue weighted by molar-refractivity contribution is -0.276. The first-order chi connectivity index (χ1) is 9.32. The van der Waals surface area contributed by atoms with Crippen LogP contribution >= 0.6 is 15.9 Å². The smallest absolute Gasteiger partial charge is 0.481 e. The van der Waals surface area contributed by atoms with Gasteiger partial charge >= 0.3 is 12.3 Å². The fourth-order valence-electron chi connectivity index (χ4n) is 1.34. The second kappa shape index (κ2) is 6.78. The number of ether oxygens (including phenoxy) is 3. The molecular formula is C11H11BrF3NO4. The van der Waals surface area contributed by atoms with Crippen LogP contribution in [0.25, 0.3) is 0 Å². The highest BCUT2D eigenvalue weighted by Crippen LogP contribution is 2.31. The van der Waals surface area contributed by atoms with Crippen molar-refractivity contribution < 1.29 is 32.2 Å². The molecule has 0 N–H and O–H groups in total. The molecule has 20 heavy (non-hydrogen) atoms. The van der Waals surface area contributed by atoms with Crippen LogP contribution < -0.4 is 9.47 Å². The van der Waals surface area contributed by atoms with Gasteiger partial charge < -0.3 is 14.2 Å². The fraction of sp³-hybridized carbons (Fsp3) is 0.455. The van der Waals surface area contributed by atoms with Gasteiger partial charge in [0.05, 0.1) is 19.3 Å². The molecule has 5 nitrogen and oxygen atoms in total. The Morgan fingerprint density at radius 2 is 2.10 bits per heavy atom. The molecule has 0 aliphatic heterocycles. The molecular weight excluding hydrogens is 347 g/mol. The SMILES string of the molecule is CCOC(=O)c1cc(OC)nc(OC(F)(F)F)c1CBr. The van der Waals surface area contributed by atoms with E-state index in [9.17, 15) is 18.0 Å². The highest BCUT2D eigenvalue weighted by atomic mass is 79.9. The number of methoxy groups -OCH3 is 1. The molecule has 0 radical (unpaired) electrons. The van der Waals surface area contributed by atoms with Gasteiger partial charge in [0.1, 0.15) is 0 Å². The number of hydrogen-bond donors (Lipinski definition) is 0. The van der Waals surface area contributed by atoms with Crippen molar-refractivity contribution in [1.29, 1.82) is 0 Å².